The maximum atomic E-state index is 4.53. The summed E-state index contributed by atoms with van der Waals surface area (Å²) in [5.74, 6) is 0.785. The molecule has 1 N–H and O–H groups in total. The second kappa shape index (κ2) is 7.57. The number of hydrogen-bond donors (Lipinski definition) is 1. The molecular weight excluding hydrogens is 222 g/mol. The molecule has 0 spiro atoms. The zero-order chi connectivity index (χ0) is 13.5. The maximum absolute atomic E-state index is 4.53. The van der Waals surface area contributed by atoms with Crippen molar-refractivity contribution in [2.75, 3.05) is 6.54 Å². The van der Waals surface area contributed by atoms with E-state index in [1.807, 2.05) is 0 Å². The highest BCUT2D eigenvalue weighted by atomic mass is 15.3. The van der Waals surface area contributed by atoms with Crippen LogP contribution in [-0.4, -0.2) is 22.4 Å². The Kier molecular flexibility index (Phi) is 6.41. The summed E-state index contributed by atoms with van der Waals surface area (Å²) < 4.78 is 2.14. The van der Waals surface area contributed by atoms with E-state index in [0.29, 0.717) is 6.04 Å². The van der Waals surface area contributed by atoms with Gasteiger partial charge in [-0.2, -0.15) is 5.10 Å². The molecule has 104 valence electrons. The molecule has 18 heavy (non-hydrogen) atoms. The van der Waals surface area contributed by atoms with Crippen molar-refractivity contribution in [2.45, 2.75) is 66.5 Å². The van der Waals surface area contributed by atoms with Gasteiger partial charge in [-0.25, -0.2) is 0 Å². The molecule has 0 saturated carbocycles. The van der Waals surface area contributed by atoms with E-state index in [4.69, 9.17) is 0 Å². The highest BCUT2D eigenvalue weighted by Gasteiger charge is 2.14. The number of nitrogens with one attached hydrogen (secondary N) is 1. The van der Waals surface area contributed by atoms with Crippen LogP contribution in [0.3, 0.4) is 0 Å². The van der Waals surface area contributed by atoms with Gasteiger partial charge < -0.3 is 5.32 Å². The van der Waals surface area contributed by atoms with Crippen LogP contribution in [0.4, 0.5) is 0 Å². The summed E-state index contributed by atoms with van der Waals surface area (Å²) in [6, 6.07) is 2.80. The molecule has 0 bridgehead atoms. The van der Waals surface area contributed by atoms with Crippen molar-refractivity contribution in [1.82, 2.24) is 15.1 Å². The maximum Gasteiger partial charge on any atom is 0.0596 e. The average molecular weight is 251 g/mol. The van der Waals surface area contributed by atoms with Crippen molar-refractivity contribution >= 4 is 0 Å². The van der Waals surface area contributed by atoms with Gasteiger partial charge in [-0.05, 0) is 38.8 Å². The molecule has 0 aliphatic heterocycles. The zero-order valence-corrected chi connectivity index (χ0v) is 12.7. The van der Waals surface area contributed by atoms with Gasteiger partial charge in [0.25, 0.3) is 0 Å². The van der Waals surface area contributed by atoms with E-state index in [9.17, 15) is 0 Å². The first-order valence-corrected chi connectivity index (χ1v) is 7.37. The van der Waals surface area contributed by atoms with Crippen molar-refractivity contribution in [2.24, 2.45) is 5.92 Å². The number of likely N-dealkylation sites (N-methyl/N-ethyl adjacent to an activating group) is 1. The third kappa shape index (κ3) is 4.45. The summed E-state index contributed by atoms with van der Waals surface area (Å²) in [5, 5.41) is 8.15. The lowest BCUT2D eigenvalue weighted by Gasteiger charge is -2.21. The van der Waals surface area contributed by atoms with Gasteiger partial charge in [0.1, 0.15) is 0 Å². The predicted octanol–water partition coefficient (Wildman–Crippen LogP) is 3.17. The van der Waals surface area contributed by atoms with Crippen molar-refractivity contribution in [3.63, 3.8) is 0 Å². The normalized spacial score (nSPS) is 14.7. The first kappa shape index (κ1) is 15.2. The molecule has 0 fully saturated rings. The molecule has 3 heteroatoms. The van der Waals surface area contributed by atoms with Crippen LogP contribution < -0.4 is 5.32 Å². The van der Waals surface area contributed by atoms with Crippen LogP contribution in [0.25, 0.3) is 0 Å². The molecule has 1 heterocycles. The Morgan fingerprint density at radius 1 is 1.33 bits per heavy atom. The Labute approximate surface area is 112 Å². The Bertz CT molecular complexity index is 344. The molecular formula is C15H29N3. The smallest absolute Gasteiger partial charge is 0.0596 e. The van der Waals surface area contributed by atoms with Crippen molar-refractivity contribution in [1.29, 1.82) is 0 Å². The lowest BCUT2D eigenvalue weighted by molar-refractivity contribution is 0.390. The van der Waals surface area contributed by atoms with Gasteiger partial charge in [-0.3, -0.25) is 4.68 Å². The largest absolute Gasteiger partial charge is 0.314 e. The van der Waals surface area contributed by atoms with E-state index in [1.54, 1.807) is 0 Å². The average Bonchev–Trinajstić information content (AvgIpc) is 2.69. The minimum Gasteiger partial charge on any atom is -0.314 e. The van der Waals surface area contributed by atoms with Crippen molar-refractivity contribution in [3.05, 3.63) is 17.5 Å². The van der Waals surface area contributed by atoms with Gasteiger partial charge in [0.15, 0.2) is 0 Å². The Hall–Kier alpha value is -0.830. The zero-order valence-electron chi connectivity index (χ0n) is 12.7. The van der Waals surface area contributed by atoms with Crippen LogP contribution in [0.5, 0.6) is 0 Å². The van der Waals surface area contributed by atoms with E-state index < -0.39 is 0 Å². The van der Waals surface area contributed by atoms with E-state index >= 15 is 0 Å². The van der Waals surface area contributed by atoms with Crippen LogP contribution in [0, 0.1) is 12.8 Å². The minimum absolute atomic E-state index is 0.575. The molecule has 1 aromatic rings. The van der Waals surface area contributed by atoms with Gasteiger partial charge in [0.2, 0.25) is 0 Å². The number of aromatic nitrogens is 2. The second-order valence-corrected chi connectivity index (χ2v) is 5.30. The SMILES string of the molecule is CCNC(Cc1cc(C)nn1CC)CC(C)CC. The lowest BCUT2D eigenvalue weighted by Crippen LogP contribution is -2.33. The molecule has 0 aliphatic rings. The molecule has 0 amide bonds. The number of nitrogens with zero attached hydrogens (tertiary/aromatic N) is 2. The van der Waals surface area contributed by atoms with E-state index in [2.05, 4.69) is 55.8 Å². The topological polar surface area (TPSA) is 29.9 Å². The van der Waals surface area contributed by atoms with Crippen LogP contribution in [0.1, 0.15) is 51.9 Å². The first-order chi connectivity index (χ1) is 8.60. The van der Waals surface area contributed by atoms with Crippen LogP contribution in [-0.2, 0) is 13.0 Å². The monoisotopic (exact) mass is 251 g/mol. The first-order valence-electron chi connectivity index (χ1n) is 7.37. The molecule has 0 aliphatic carbocycles. The van der Waals surface area contributed by atoms with Gasteiger partial charge in [0, 0.05) is 24.7 Å². The summed E-state index contributed by atoms with van der Waals surface area (Å²) in [5.41, 5.74) is 2.50. The number of rotatable bonds is 8. The molecule has 0 saturated heterocycles. The third-order valence-corrected chi connectivity index (χ3v) is 3.62. The molecule has 0 aromatic carbocycles. The molecule has 2 unspecified atom stereocenters. The highest BCUT2D eigenvalue weighted by molar-refractivity contribution is 5.10. The standard InChI is InChI=1S/C15H29N3/c1-6-12(4)9-14(16-7-2)11-15-10-13(5)17-18(15)8-3/h10,12,14,16H,6-9,11H2,1-5H3. The predicted molar refractivity (Wildman–Crippen MR) is 77.9 cm³/mol. The fraction of sp³-hybridized carbons (Fsp3) is 0.800. The quantitative estimate of drug-likeness (QED) is 0.769. The van der Waals surface area contributed by atoms with Gasteiger partial charge in [-0.15, -0.1) is 0 Å². The molecule has 2 atom stereocenters. The Morgan fingerprint density at radius 2 is 2.06 bits per heavy atom. The Balaban J connectivity index is 2.69. The number of aryl methyl sites for hydroxylation is 2. The van der Waals surface area contributed by atoms with E-state index in [1.165, 1.54) is 18.5 Å². The third-order valence-electron chi connectivity index (χ3n) is 3.62. The minimum atomic E-state index is 0.575. The summed E-state index contributed by atoms with van der Waals surface area (Å²) >= 11 is 0. The number of hydrogen-bond acceptors (Lipinski definition) is 2. The van der Waals surface area contributed by atoms with E-state index in [0.717, 1.165) is 31.1 Å². The van der Waals surface area contributed by atoms with Crippen LogP contribution >= 0.6 is 0 Å². The molecule has 0 radical (unpaired) electrons. The molecule has 1 aromatic heterocycles. The fourth-order valence-electron chi connectivity index (χ4n) is 2.47. The van der Waals surface area contributed by atoms with Gasteiger partial charge >= 0.3 is 0 Å². The summed E-state index contributed by atoms with van der Waals surface area (Å²) in [6.07, 6.45) is 3.60. The molecule has 3 nitrogen and oxygen atoms in total. The van der Waals surface area contributed by atoms with Gasteiger partial charge in [-0.1, -0.05) is 27.2 Å². The van der Waals surface area contributed by atoms with Crippen molar-refractivity contribution < 1.29 is 0 Å². The van der Waals surface area contributed by atoms with Crippen LogP contribution in [0.15, 0.2) is 6.07 Å². The highest BCUT2D eigenvalue weighted by Crippen LogP contribution is 2.15. The summed E-state index contributed by atoms with van der Waals surface area (Å²) in [7, 11) is 0. The summed E-state index contributed by atoms with van der Waals surface area (Å²) in [6.45, 7) is 13.0. The van der Waals surface area contributed by atoms with Crippen molar-refractivity contribution in [3.8, 4) is 0 Å². The van der Waals surface area contributed by atoms with Crippen LogP contribution in [0.2, 0.25) is 0 Å². The fourth-order valence-corrected chi connectivity index (χ4v) is 2.47. The van der Waals surface area contributed by atoms with Gasteiger partial charge in [0.05, 0.1) is 5.69 Å². The molecule has 1 rings (SSSR count). The summed E-state index contributed by atoms with van der Waals surface area (Å²) in [4.78, 5) is 0. The second-order valence-electron chi connectivity index (χ2n) is 5.30. The Morgan fingerprint density at radius 3 is 2.61 bits per heavy atom. The van der Waals surface area contributed by atoms with E-state index in [-0.39, 0.29) is 0 Å². The lowest BCUT2D eigenvalue weighted by atomic mass is 9.96.